The first-order chi connectivity index (χ1) is 7.66. The van der Waals surface area contributed by atoms with Crippen LogP contribution in [0.5, 0.6) is 0 Å². The van der Waals surface area contributed by atoms with Crippen LogP contribution < -0.4 is 5.32 Å². The first kappa shape index (κ1) is 15.9. The highest BCUT2D eigenvalue weighted by Crippen LogP contribution is 2.00. The molecule has 98 valence electrons. The van der Waals surface area contributed by atoms with Crippen LogP contribution in [-0.2, 0) is 9.47 Å². The Bertz CT molecular complexity index is 140. The molecule has 0 aromatic heterocycles. The zero-order chi connectivity index (χ0) is 12.2. The first-order valence-corrected chi connectivity index (χ1v) is 6.49. The fraction of sp³-hybridized carbons (Fsp3) is 1.00. The van der Waals surface area contributed by atoms with E-state index in [1.165, 1.54) is 12.8 Å². The Balaban J connectivity index is 2.99. The highest BCUT2D eigenvalue weighted by atomic mass is 16.5. The summed E-state index contributed by atoms with van der Waals surface area (Å²) in [4.78, 5) is 0. The lowest BCUT2D eigenvalue weighted by atomic mass is 10.1. The van der Waals surface area contributed by atoms with Crippen LogP contribution in [0.15, 0.2) is 0 Å². The number of hydrogen-bond acceptors (Lipinski definition) is 3. The van der Waals surface area contributed by atoms with Crippen molar-refractivity contribution in [1.29, 1.82) is 0 Å². The third-order valence-corrected chi connectivity index (χ3v) is 2.49. The lowest BCUT2D eigenvalue weighted by Crippen LogP contribution is -2.20. The molecule has 1 N–H and O–H groups in total. The average molecular weight is 231 g/mol. The number of ether oxygens (including phenoxy) is 2. The minimum atomic E-state index is 0.614. The third kappa shape index (κ3) is 12.0. The molecule has 16 heavy (non-hydrogen) atoms. The molecule has 0 heterocycles. The summed E-state index contributed by atoms with van der Waals surface area (Å²) in [6.07, 6.45) is 3.61. The van der Waals surface area contributed by atoms with E-state index in [9.17, 15) is 0 Å². The van der Waals surface area contributed by atoms with Crippen molar-refractivity contribution in [2.45, 2.75) is 46.1 Å². The zero-order valence-corrected chi connectivity index (χ0v) is 11.4. The van der Waals surface area contributed by atoms with Crippen molar-refractivity contribution < 1.29 is 9.47 Å². The predicted octanol–water partition coefficient (Wildman–Crippen LogP) is 2.45. The van der Waals surface area contributed by atoms with Gasteiger partial charge in [0, 0.05) is 19.3 Å². The van der Waals surface area contributed by atoms with Crippen molar-refractivity contribution in [3.63, 3.8) is 0 Å². The zero-order valence-electron chi connectivity index (χ0n) is 11.4. The van der Waals surface area contributed by atoms with Crippen molar-refractivity contribution in [3.05, 3.63) is 0 Å². The van der Waals surface area contributed by atoms with E-state index in [2.05, 4.69) is 26.1 Å². The van der Waals surface area contributed by atoms with E-state index in [0.29, 0.717) is 12.0 Å². The summed E-state index contributed by atoms with van der Waals surface area (Å²) in [5, 5.41) is 3.23. The van der Waals surface area contributed by atoms with Crippen LogP contribution in [-0.4, -0.2) is 39.5 Å². The van der Waals surface area contributed by atoms with E-state index < -0.39 is 0 Å². The summed E-state index contributed by atoms with van der Waals surface area (Å²) < 4.78 is 10.9. The molecule has 1 unspecified atom stereocenters. The molecule has 0 fully saturated rings. The topological polar surface area (TPSA) is 30.5 Å². The highest BCUT2D eigenvalue weighted by Gasteiger charge is 1.97. The molecule has 0 aliphatic rings. The Labute approximate surface area is 101 Å². The molecule has 1 atom stereocenters. The molecule has 0 saturated heterocycles. The molecule has 0 bridgehead atoms. The van der Waals surface area contributed by atoms with E-state index in [-0.39, 0.29) is 0 Å². The van der Waals surface area contributed by atoms with E-state index in [0.717, 1.165) is 32.8 Å². The van der Waals surface area contributed by atoms with Gasteiger partial charge in [0.15, 0.2) is 0 Å². The summed E-state index contributed by atoms with van der Waals surface area (Å²) in [6.45, 7) is 9.68. The molecule has 0 radical (unpaired) electrons. The van der Waals surface area contributed by atoms with Gasteiger partial charge in [-0.05, 0) is 39.2 Å². The van der Waals surface area contributed by atoms with Crippen LogP contribution in [0.2, 0.25) is 0 Å². The highest BCUT2D eigenvalue weighted by molar-refractivity contribution is 4.56. The Morgan fingerprint density at radius 3 is 2.25 bits per heavy atom. The first-order valence-electron chi connectivity index (χ1n) is 6.49. The van der Waals surface area contributed by atoms with Gasteiger partial charge < -0.3 is 14.8 Å². The predicted molar refractivity (Wildman–Crippen MR) is 68.8 cm³/mol. The van der Waals surface area contributed by atoms with Gasteiger partial charge in [0.1, 0.15) is 0 Å². The van der Waals surface area contributed by atoms with Crippen molar-refractivity contribution in [2.75, 3.05) is 33.5 Å². The third-order valence-electron chi connectivity index (χ3n) is 2.49. The fourth-order valence-corrected chi connectivity index (χ4v) is 1.34. The van der Waals surface area contributed by atoms with Gasteiger partial charge in [-0.1, -0.05) is 13.8 Å². The number of unbranched alkanes of at least 4 members (excludes halogenated alkanes) is 1. The standard InChI is InChI=1S/C13H29NO2/c1-12(2)11-16-10-9-15-8-6-5-7-13(3)14-4/h12-14H,5-11H2,1-4H3. The average Bonchev–Trinajstić information content (AvgIpc) is 2.26. The smallest absolute Gasteiger partial charge is 0.0700 e. The molecule has 0 aromatic carbocycles. The van der Waals surface area contributed by atoms with E-state index in [4.69, 9.17) is 9.47 Å². The molecule has 0 aliphatic carbocycles. The van der Waals surface area contributed by atoms with E-state index >= 15 is 0 Å². The Hall–Kier alpha value is -0.120. The molecule has 0 aliphatic heterocycles. The van der Waals surface area contributed by atoms with Gasteiger partial charge in [0.25, 0.3) is 0 Å². The molecule has 0 saturated carbocycles. The molecule has 3 nitrogen and oxygen atoms in total. The van der Waals surface area contributed by atoms with Crippen molar-refractivity contribution in [2.24, 2.45) is 5.92 Å². The molecule has 0 aromatic rings. The van der Waals surface area contributed by atoms with Gasteiger partial charge in [-0.3, -0.25) is 0 Å². The maximum Gasteiger partial charge on any atom is 0.0700 e. The quantitative estimate of drug-likeness (QED) is 0.554. The molecule has 0 rings (SSSR count). The maximum absolute atomic E-state index is 5.49. The number of hydrogen-bond donors (Lipinski definition) is 1. The SMILES string of the molecule is CNC(C)CCCCOCCOCC(C)C. The largest absolute Gasteiger partial charge is 0.379 e. The van der Waals surface area contributed by atoms with Crippen LogP contribution >= 0.6 is 0 Å². The van der Waals surface area contributed by atoms with Gasteiger partial charge in [-0.25, -0.2) is 0 Å². The minimum absolute atomic E-state index is 0.614. The van der Waals surface area contributed by atoms with E-state index in [1.807, 2.05) is 7.05 Å². The van der Waals surface area contributed by atoms with Gasteiger partial charge in [0.05, 0.1) is 13.2 Å². The van der Waals surface area contributed by atoms with Gasteiger partial charge in [0.2, 0.25) is 0 Å². The normalized spacial score (nSPS) is 13.3. The summed E-state index contributed by atoms with van der Waals surface area (Å²) in [5.74, 6) is 0.614. The maximum atomic E-state index is 5.49. The number of rotatable bonds is 11. The van der Waals surface area contributed by atoms with Crippen LogP contribution in [0.4, 0.5) is 0 Å². The lowest BCUT2D eigenvalue weighted by molar-refractivity contribution is 0.0365. The molecular weight excluding hydrogens is 202 g/mol. The Kier molecular flexibility index (Phi) is 11.3. The summed E-state index contributed by atoms with van der Waals surface area (Å²) >= 11 is 0. The Morgan fingerprint density at radius 2 is 1.62 bits per heavy atom. The van der Waals surface area contributed by atoms with Crippen LogP contribution in [0, 0.1) is 5.92 Å². The van der Waals surface area contributed by atoms with Crippen molar-refractivity contribution in [1.82, 2.24) is 5.32 Å². The minimum Gasteiger partial charge on any atom is -0.379 e. The second-order valence-electron chi connectivity index (χ2n) is 4.77. The number of nitrogens with one attached hydrogen (secondary N) is 1. The second kappa shape index (κ2) is 11.4. The second-order valence-corrected chi connectivity index (χ2v) is 4.77. The van der Waals surface area contributed by atoms with Crippen LogP contribution in [0.25, 0.3) is 0 Å². The van der Waals surface area contributed by atoms with Crippen molar-refractivity contribution >= 4 is 0 Å². The molecule has 0 amide bonds. The molecular formula is C13H29NO2. The van der Waals surface area contributed by atoms with Gasteiger partial charge >= 0.3 is 0 Å². The molecule has 0 spiro atoms. The lowest BCUT2D eigenvalue weighted by Gasteiger charge is -2.10. The van der Waals surface area contributed by atoms with Crippen LogP contribution in [0.3, 0.4) is 0 Å². The summed E-state index contributed by atoms with van der Waals surface area (Å²) in [5.41, 5.74) is 0. The van der Waals surface area contributed by atoms with Gasteiger partial charge in [-0.15, -0.1) is 0 Å². The Morgan fingerprint density at radius 1 is 0.938 bits per heavy atom. The summed E-state index contributed by atoms with van der Waals surface area (Å²) in [7, 11) is 2.01. The van der Waals surface area contributed by atoms with Crippen molar-refractivity contribution in [3.8, 4) is 0 Å². The van der Waals surface area contributed by atoms with E-state index in [1.54, 1.807) is 0 Å². The van der Waals surface area contributed by atoms with Gasteiger partial charge in [-0.2, -0.15) is 0 Å². The summed E-state index contributed by atoms with van der Waals surface area (Å²) in [6, 6.07) is 0.620. The molecule has 3 heteroatoms. The monoisotopic (exact) mass is 231 g/mol. The fourth-order valence-electron chi connectivity index (χ4n) is 1.34. The van der Waals surface area contributed by atoms with Crippen LogP contribution in [0.1, 0.15) is 40.0 Å².